The molecule has 0 saturated heterocycles. The molecule has 29 heavy (non-hydrogen) atoms. The van der Waals surface area contributed by atoms with Crippen molar-refractivity contribution in [3.63, 3.8) is 0 Å². The van der Waals surface area contributed by atoms with E-state index in [1.54, 1.807) is 36.4 Å². The van der Waals surface area contributed by atoms with E-state index in [9.17, 15) is 18.0 Å². The van der Waals surface area contributed by atoms with Gasteiger partial charge < -0.3 is 15.4 Å². The van der Waals surface area contributed by atoms with E-state index in [1.165, 1.54) is 12.1 Å². The third kappa shape index (κ3) is 6.32. The van der Waals surface area contributed by atoms with Gasteiger partial charge in [-0.1, -0.05) is 19.9 Å². The summed E-state index contributed by atoms with van der Waals surface area (Å²) in [5.74, 6) is -0.329. The SMILES string of the molecule is CCOc1ccc(C(=O)N[C@H](C(=O)Nc2cccc(S(C)(=O)=O)c2)C(C)C)cc1. The molecule has 0 fully saturated rings. The molecule has 2 aromatic rings. The van der Waals surface area contributed by atoms with Crippen molar-refractivity contribution in [2.45, 2.75) is 31.7 Å². The monoisotopic (exact) mass is 418 g/mol. The third-order valence-electron chi connectivity index (χ3n) is 4.19. The first kappa shape index (κ1) is 22.4. The largest absolute Gasteiger partial charge is 0.494 e. The summed E-state index contributed by atoms with van der Waals surface area (Å²) in [4.78, 5) is 25.4. The van der Waals surface area contributed by atoms with E-state index in [1.807, 2.05) is 20.8 Å². The molecule has 0 aliphatic heterocycles. The van der Waals surface area contributed by atoms with Gasteiger partial charge in [0.1, 0.15) is 11.8 Å². The molecule has 0 unspecified atom stereocenters. The van der Waals surface area contributed by atoms with Crippen LogP contribution < -0.4 is 15.4 Å². The van der Waals surface area contributed by atoms with Crippen LogP contribution in [-0.2, 0) is 14.6 Å². The Balaban J connectivity index is 2.12. The van der Waals surface area contributed by atoms with Gasteiger partial charge in [0, 0.05) is 17.5 Å². The van der Waals surface area contributed by atoms with Crippen LogP contribution in [0, 0.1) is 5.92 Å². The average Bonchev–Trinajstić information content (AvgIpc) is 2.66. The molecule has 0 aliphatic carbocycles. The number of sulfone groups is 1. The minimum Gasteiger partial charge on any atom is -0.494 e. The van der Waals surface area contributed by atoms with Crippen molar-refractivity contribution in [2.75, 3.05) is 18.2 Å². The topological polar surface area (TPSA) is 102 Å². The zero-order valence-electron chi connectivity index (χ0n) is 16.9. The minimum absolute atomic E-state index is 0.106. The molecular weight excluding hydrogens is 392 g/mol. The molecule has 0 saturated carbocycles. The van der Waals surface area contributed by atoms with Crippen molar-refractivity contribution in [1.82, 2.24) is 5.32 Å². The van der Waals surface area contributed by atoms with Crippen molar-refractivity contribution in [3.05, 3.63) is 54.1 Å². The van der Waals surface area contributed by atoms with Crippen molar-refractivity contribution in [2.24, 2.45) is 5.92 Å². The summed E-state index contributed by atoms with van der Waals surface area (Å²) < 4.78 is 28.8. The van der Waals surface area contributed by atoms with Gasteiger partial charge >= 0.3 is 0 Å². The number of ether oxygens (including phenoxy) is 1. The molecule has 0 bridgehead atoms. The van der Waals surface area contributed by atoms with Crippen molar-refractivity contribution >= 4 is 27.3 Å². The molecule has 0 aliphatic rings. The Hall–Kier alpha value is -2.87. The van der Waals surface area contributed by atoms with E-state index in [0.29, 0.717) is 23.6 Å². The molecule has 8 heteroatoms. The van der Waals surface area contributed by atoms with Crippen LogP contribution in [0.1, 0.15) is 31.1 Å². The number of carbonyl (C=O) groups is 2. The van der Waals surface area contributed by atoms with Gasteiger partial charge in [0.15, 0.2) is 9.84 Å². The predicted octanol–water partition coefficient (Wildman–Crippen LogP) is 2.88. The summed E-state index contributed by atoms with van der Waals surface area (Å²) >= 11 is 0. The molecule has 7 nitrogen and oxygen atoms in total. The molecule has 2 rings (SSSR count). The molecule has 156 valence electrons. The minimum atomic E-state index is -3.39. The molecule has 2 N–H and O–H groups in total. The van der Waals surface area contributed by atoms with E-state index in [-0.39, 0.29) is 16.7 Å². The van der Waals surface area contributed by atoms with Crippen LogP contribution in [0.5, 0.6) is 5.75 Å². The highest BCUT2D eigenvalue weighted by molar-refractivity contribution is 7.90. The Labute approximate surface area is 171 Å². The number of benzene rings is 2. The number of carbonyl (C=O) groups excluding carboxylic acids is 2. The highest BCUT2D eigenvalue weighted by Crippen LogP contribution is 2.17. The fourth-order valence-electron chi connectivity index (χ4n) is 2.65. The standard InChI is InChI=1S/C21H26N2O5S/c1-5-28-17-11-9-15(10-12-17)20(24)23-19(14(2)3)21(25)22-16-7-6-8-18(13-16)29(4,26)27/h6-14,19H,5H2,1-4H3,(H,22,25)(H,23,24)/t19-/m0/s1. The number of anilines is 1. The Bertz CT molecular complexity index is 969. The van der Waals surface area contributed by atoms with Crippen LogP contribution in [0.4, 0.5) is 5.69 Å². The number of nitrogens with one attached hydrogen (secondary N) is 2. The second kappa shape index (κ2) is 9.56. The summed E-state index contributed by atoms with van der Waals surface area (Å²) in [6.07, 6.45) is 1.10. The first-order chi connectivity index (χ1) is 13.6. The van der Waals surface area contributed by atoms with Crippen LogP contribution in [0.2, 0.25) is 0 Å². The third-order valence-corrected chi connectivity index (χ3v) is 5.30. The van der Waals surface area contributed by atoms with E-state index >= 15 is 0 Å². The molecule has 0 spiro atoms. The Kier molecular flexibility index (Phi) is 7.39. The maximum absolute atomic E-state index is 12.7. The number of amides is 2. The van der Waals surface area contributed by atoms with Gasteiger partial charge in [-0.05, 0) is 55.3 Å². The number of hydrogen-bond donors (Lipinski definition) is 2. The second-order valence-electron chi connectivity index (χ2n) is 6.94. The zero-order valence-corrected chi connectivity index (χ0v) is 17.7. The summed E-state index contributed by atoms with van der Waals surface area (Å²) in [6, 6.07) is 11.8. The van der Waals surface area contributed by atoms with E-state index in [4.69, 9.17) is 4.74 Å². The lowest BCUT2D eigenvalue weighted by Gasteiger charge is -2.22. The molecule has 0 aromatic heterocycles. The second-order valence-corrected chi connectivity index (χ2v) is 8.96. The maximum atomic E-state index is 12.7. The summed E-state index contributed by atoms with van der Waals surface area (Å²) in [5, 5.41) is 5.42. The Morgan fingerprint density at radius 3 is 2.28 bits per heavy atom. The van der Waals surface area contributed by atoms with Crippen LogP contribution >= 0.6 is 0 Å². The fourth-order valence-corrected chi connectivity index (χ4v) is 3.32. The Morgan fingerprint density at radius 2 is 1.72 bits per heavy atom. The molecule has 0 heterocycles. The quantitative estimate of drug-likeness (QED) is 0.686. The van der Waals surface area contributed by atoms with Gasteiger partial charge in [0.25, 0.3) is 5.91 Å². The predicted molar refractivity (Wildman–Crippen MR) is 112 cm³/mol. The van der Waals surface area contributed by atoms with Gasteiger partial charge in [-0.15, -0.1) is 0 Å². The number of rotatable bonds is 8. The van der Waals surface area contributed by atoms with Gasteiger partial charge in [-0.2, -0.15) is 0 Å². The van der Waals surface area contributed by atoms with E-state index in [2.05, 4.69) is 10.6 Å². The fraction of sp³-hybridized carbons (Fsp3) is 0.333. The van der Waals surface area contributed by atoms with Gasteiger partial charge in [-0.25, -0.2) is 8.42 Å². The summed E-state index contributed by atoms with van der Waals surface area (Å²) in [7, 11) is -3.39. The van der Waals surface area contributed by atoms with Crippen molar-refractivity contribution < 1.29 is 22.7 Å². The molecule has 2 aromatic carbocycles. The van der Waals surface area contributed by atoms with Crippen LogP contribution in [0.3, 0.4) is 0 Å². The summed E-state index contributed by atoms with van der Waals surface area (Å²) in [6.45, 7) is 6.03. The lowest BCUT2D eigenvalue weighted by atomic mass is 10.0. The molecule has 1 atom stereocenters. The molecule has 2 amide bonds. The lowest BCUT2D eigenvalue weighted by molar-refractivity contribution is -0.118. The first-order valence-corrected chi connectivity index (χ1v) is 11.2. The van der Waals surface area contributed by atoms with E-state index in [0.717, 1.165) is 6.26 Å². The van der Waals surface area contributed by atoms with Crippen LogP contribution in [0.15, 0.2) is 53.4 Å². The zero-order chi connectivity index (χ0) is 21.6. The summed E-state index contributed by atoms with van der Waals surface area (Å²) in [5.41, 5.74) is 0.755. The van der Waals surface area contributed by atoms with Crippen LogP contribution in [-0.4, -0.2) is 39.1 Å². The molecule has 0 radical (unpaired) electrons. The van der Waals surface area contributed by atoms with Gasteiger partial charge in [0.05, 0.1) is 11.5 Å². The average molecular weight is 419 g/mol. The smallest absolute Gasteiger partial charge is 0.251 e. The number of hydrogen-bond acceptors (Lipinski definition) is 5. The first-order valence-electron chi connectivity index (χ1n) is 9.26. The maximum Gasteiger partial charge on any atom is 0.251 e. The normalized spacial score (nSPS) is 12.3. The van der Waals surface area contributed by atoms with Crippen molar-refractivity contribution in [3.8, 4) is 5.75 Å². The molecular formula is C21H26N2O5S. The lowest BCUT2D eigenvalue weighted by Crippen LogP contribution is -2.47. The Morgan fingerprint density at radius 1 is 1.07 bits per heavy atom. The highest BCUT2D eigenvalue weighted by Gasteiger charge is 2.25. The van der Waals surface area contributed by atoms with Gasteiger partial charge in [0.2, 0.25) is 5.91 Å². The van der Waals surface area contributed by atoms with E-state index < -0.39 is 21.8 Å². The van der Waals surface area contributed by atoms with Gasteiger partial charge in [-0.3, -0.25) is 9.59 Å². The van der Waals surface area contributed by atoms with Crippen LogP contribution in [0.25, 0.3) is 0 Å². The van der Waals surface area contributed by atoms with Crippen molar-refractivity contribution in [1.29, 1.82) is 0 Å². The highest BCUT2D eigenvalue weighted by atomic mass is 32.2.